The van der Waals surface area contributed by atoms with Crippen LogP contribution in [0.5, 0.6) is 0 Å². The third-order valence-corrected chi connectivity index (χ3v) is 2.34. The number of aromatic nitrogens is 2. The summed E-state index contributed by atoms with van der Waals surface area (Å²) in [5.74, 6) is 1.61. The highest BCUT2D eigenvalue weighted by Gasteiger charge is 2.13. The molecule has 0 aliphatic heterocycles. The van der Waals surface area contributed by atoms with Gasteiger partial charge in [-0.2, -0.15) is 4.98 Å². The highest BCUT2D eigenvalue weighted by Crippen LogP contribution is 2.09. The van der Waals surface area contributed by atoms with Gasteiger partial charge in [-0.25, -0.2) is 0 Å². The Bertz CT molecular complexity index is 312. The van der Waals surface area contributed by atoms with Crippen molar-refractivity contribution in [1.29, 1.82) is 0 Å². The van der Waals surface area contributed by atoms with E-state index in [-0.39, 0.29) is 0 Å². The first kappa shape index (κ1) is 14.1. The molecule has 1 unspecified atom stereocenters. The fraction of sp³-hybridized carbons (Fsp3) is 0.833. The van der Waals surface area contributed by atoms with Crippen LogP contribution in [0, 0.1) is 5.92 Å². The minimum absolute atomic E-state index is 0.407. The molecule has 1 atom stereocenters. The van der Waals surface area contributed by atoms with Gasteiger partial charge in [-0.1, -0.05) is 19.0 Å². The van der Waals surface area contributed by atoms with Gasteiger partial charge in [0.15, 0.2) is 5.82 Å². The van der Waals surface area contributed by atoms with Gasteiger partial charge in [0.05, 0.1) is 19.1 Å². The summed E-state index contributed by atoms with van der Waals surface area (Å²) >= 11 is 0. The minimum atomic E-state index is -0.407. The van der Waals surface area contributed by atoms with Gasteiger partial charge >= 0.3 is 0 Å². The number of hydrogen-bond acceptors (Lipinski definition) is 5. The highest BCUT2D eigenvalue weighted by molar-refractivity contribution is 4.88. The summed E-state index contributed by atoms with van der Waals surface area (Å²) in [5, 5.41) is 13.6. The quantitative estimate of drug-likeness (QED) is 0.701. The first-order valence-corrected chi connectivity index (χ1v) is 6.19. The molecule has 0 spiro atoms. The average Bonchev–Trinajstić information content (AvgIpc) is 2.64. The summed E-state index contributed by atoms with van der Waals surface area (Å²) < 4.78 is 10.3. The molecule has 0 aliphatic rings. The van der Waals surface area contributed by atoms with E-state index in [9.17, 15) is 5.11 Å². The Morgan fingerprint density at radius 3 is 2.82 bits per heavy atom. The number of aliphatic hydroxyl groups is 1. The van der Waals surface area contributed by atoms with Gasteiger partial charge in [-0.15, -0.1) is 0 Å². The summed E-state index contributed by atoms with van der Waals surface area (Å²) in [5.41, 5.74) is 0. The molecule has 17 heavy (non-hydrogen) atoms. The summed E-state index contributed by atoms with van der Waals surface area (Å²) in [7, 11) is 0. The van der Waals surface area contributed by atoms with E-state index >= 15 is 0 Å². The van der Waals surface area contributed by atoms with Crippen LogP contribution in [-0.2, 0) is 17.6 Å². The van der Waals surface area contributed by atoms with E-state index in [4.69, 9.17) is 9.26 Å². The van der Waals surface area contributed by atoms with Crippen LogP contribution in [-0.4, -0.2) is 34.6 Å². The van der Waals surface area contributed by atoms with E-state index in [0.29, 0.717) is 43.7 Å². The van der Waals surface area contributed by atoms with Crippen LogP contribution < -0.4 is 0 Å². The molecule has 98 valence electrons. The molecule has 5 heteroatoms. The van der Waals surface area contributed by atoms with E-state index in [2.05, 4.69) is 24.0 Å². The van der Waals surface area contributed by atoms with Gasteiger partial charge in [0.25, 0.3) is 0 Å². The van der Waals surface area contributed by atoms with Crippen molar-refractivity contribution in [3.05, 3.63) is 11.7 Å². The average molecular weight is 242 g/mol. The van der Waals surface area contributed by atoms with Crippen molar-refractivity contribution < 1.29 is 14.4 Å². The van der Waals surface area contributed by atoms with Crippen molar-refractivity contribution in [2.45, 2.75) is 46.1 Å². The Kier molecular flexibility index (Phi) is 6.15. The van der Waals surface area contributed by atoms with Gasteiger partial charge in [-0.05, 0) is 19.3 Å². The normalized spacial score (nSPS) is 13.2. The van der Waals surface area contributed by atoms with Crippen molar-refractivity contribution in [3.8, 4) is 0 Å². The zero-order valence-corrected chi connectivity index (χ0v) is 10.8. The van der Waals surface area contributed by atoms with E-state index < -0.39 is 6.10 Å². The van der Waals surface area contributed by atoms with Gasteiger partial charge in [0, 0.05) is 13.0 Å². The molecule has 1 aromatic heterocycles. The monoisotopic (exact) mass is 242 g/mol. The standard InChI is InChI=1S/C12H22N2O3/c1-4-16-6-5-11-13-12(17-14-11)8-10(15)7-9(2)3/h9-10,15H,4-8H2,1-3H3. The predicted octanol–water partition coefficient (Wildman–Crippen LogP) is 1.60. The third-order valence-electron chi connectivity index (χ3n) is 2.34. The second-order valence-electron chi connectivity index (χ2n) is 4.54. The van der Waals surface area contributed by atoms with Crippen LogP contribution >= 0.6 is 0 Å². The third kappa shape index (κ3) is 5.79. The molecule has 0 saturated carbocycles. The van der Waals surface area contributed by atoms with Crippen LogP contribution in [0.3, 0.4) is 0 Å². The molecule has 0 bridgehead atoms. The number of aliphatic hydroxyl groups excluding tert-OH is 1. The van der Waals surface area contributed by atoms with Crippen molar-refractivity contribution in [2.24, 2.45) is 5.92 Å². The van der Waals surface area contributed by atoms with Gasteiger partial charge < -0.3 is 14.4 Å². The van der Waals surface area contributed by atoms with E-state index in [1.165, 1.54) is 0 Å². The van der Waals surface area contributed by atoms with E-state index in [0.717, 1.165) is 6.42 Å². The Morgan fingerprint density at radius 1 is 1.41 bits per heavy atom. The second kappa shape index (κ2) is 7.40. The molecule has 0 aliphatic carbocycles. The zero-order chi connectivity index (χ0) is 12.7. The summed E-state index contributed by atoms with van der Waals surface area (Å²) in [6.07, 6.45) is 1.42. The minimum Gasteiger partial charge on any atom is -0.393 e. The first-order valence-electron chi connectivity index (χ1n) is 6.19. The SMILES string of the molecule is CCOCCc1noc(CC(O)CC(C)C)n1. The lowest BCUT2D eigenvalue weighted by Gasteiger charge is -2.09. The molecule has 0 fully saturated rings. The lowest BCUT2D eigenvalue weighted by molar-refractivity contribution is 0.138. The number of hydrogen-bond donors (Lipinski definition) is 1. The van der Waals surface area contributed by atoms with Crippen molar-refractivity contribution in [3.63, 3.8) is 0 Å². The zero-order valence-electron chi connectivity index (χ0n) is 10.8. The smallest absolute Gasteiger partial charge is 0.229 e. The molecular weight excluding hydrogens is 220 g/mol. The Hall–Kier alpha value is -0.940. The Morgan fingerprint density at radius 2 is 2.18 bits per heavy atom. The largest absolute Gasteiger partial charge is 0.393 e. The topological polar surface area (TPSA) is 68.4 Å². The maximum atomic E-state index is 9.74. The van der Waals surface area contributed by atoms with Crippen LogP contribution in [0.25, 0.3) is 0 Å². The van der Waals surface area contributed by atoms with Crippen LogP contribution in [0.4, 0.5) is 0 Å². The Labute approximate surface area is 102 Å². The molecule has 0 radical (unpaired) electrons. The molecular formula is C12H22N2O3. The lowest BCUT2D eigenvalue weighted by atomic mass is 10.0. The maximum absolute atomic E-state index is 9.74. The van der Waals surface area contributed by atoms with Crippen LogP contribution in [0.1, 0.15) is 38.9 Å². The second-order valence-corrected chi connectivity index (χ2v) is 4.54. The van der Waals surface area contributed by atoms with Crippen LogP contribution in [0.15, 0.2) is 4.52 Å². The lowest BCUT2D eigenvalue weighted by Crippen LogP contribution is -2.13. The van der Waals surface area contributed by atoms with Crippen molar-refractivity contribution >= 4 is 0 Å². The molecule has 0 aromatic carbocycles. The first-order chi connectivity index (χ1) is 8.11. The van der Waals surface area contributed by atoms with Crippen LogP contribution in [0.2, 0.25) is 0 Å². The Balaban J connectivity index is 2.34. The van der Waals surface area contributed by atoms with E-state index in [1.807, 2.05) is 6.92 Å². The molecule has 5 nitrogen and oxygen atoms in total. The van der Waals surface area contributed by atoms with Gasteiger partial charge in [-0.3, -0.25) is 0 Å². The molecule has 1 aromatic rings. The van der Waals surface area contributed by atoms with Gasteiger partial charge in [0.2, 0.25) is 5.89 Å². The summed E-state index contributed by atoms with van der Waals surface area (Å²) in [6.45, 7) is 7.39. The summed E-state index contributed by atoms with van der Waals surface area (Å²) in [6, 6.07) is 0. The van der Waals surface area contributed by atoms with E-state index in [1.54, 1.807) is 0 Å². The number of rotatable bonds is 8. The predicted molar refractivity (Wildman–Crippen MR) is 63.7 cm³/mol. The van der Waals surface area contributed by atoms with Gasteiger partial charge in [0.1, 0.15) is 0 Å². The van der Waals surface area contributed by atoms with Crippen molar-refractivity contribution in [1.82, 2.24) is 10.1 Å². The fourth-order valence-corrected chi connectivity index (χ4v) is 1.61. The molecule has 1 heterocycles. The fourth-order valence-electron chi connectivity index (χ4n) is 1.61. The number of ether oxygens (including phenoxy) is 1. The van der Waals surface area contributed by atoms with Crippen molar-refractivity contribution in [2.75, 3.05) is 13.2 Å². The number of nitrogens with zero attached hydrogens (tertiary/aromatic N) is 2. The molecule has 0 amide bonds. The molecule has 1 rings (SSSR count). The highest BCUT2D eigenvalue weighted by atomic mass is 16.5. The molecule has 1 N–H and O–H groups in total. The molecule has 0 saturated heterocycles. The maximum Gasteiger partial charge on any atom is 0.229 e. The summed E-state index contributed by atoms with van der Waals surface area (Å²) in [4.78, 5) is 4.21.